The summed E-state index contributed by atoms with van der Waals surface area (Å²) in [5.41, 5.74) is 2.00. The molecule has 0 bridgehead atoms. The van der Waals surface area contributed by atoms with Crippen LogP contribution in [0.15, 0.2) is 28.8 Å². The summed E-state index contributed by atoms with van der Waals surface area (Å²) in [7, 11) is -0.945. The normalized spacial score (nSPS) is 19.0. The predicted octanol–water partition coefficient (Wildman–Crippen LogP) is 1.12. The molecule has 1 unspecified atom stereocenters. The van der Waals surface area contributed by atoms with E-state index in [-0.39, 0.29) is 17.5 Å². The van der Waals surface area contributed by atoms with Crippen molar-refractivity contribution in [1.82, 2.24) is 20.4 Å². The SMILES string of the molecule is CNC(C)Cc1noc(-c2cccc(CN3CCS(=O)(=O)CC3)c2)n1. The molecule has 1 aromatic carbocycles. The minimum Gasteiger partial charge on any atom is -0.334 e. The van der Waals surface area contributed by atoms with E-state index in [9.17, 15) is 8.42 Å². The van der Waals surface area contributed by atoms with E-state index in [0.29, 0.717) is 31.2 Å². The average molecular weight is 364 g/mol. The van der Waals surface area contributed by atoms with Crippen LogP contribution in [0.3, 0.4) is 0 Å². The summed E-state index contributed by atoms with van der Waals surface area (Å²) in [5.74, 6) is 1.68. The summed E-state index contributed by atoms with van der Waals surface area (Å²) < 4.78 is 28.4. The van der Waals surface area contributed by atoms with Crippen LogP contribution in [0.1, 0.15) is 18.3 Å². The van der Waals surface area contributed by atoms with Gasteiger partial charge in [-0.05, 0) is 31.7 Å². The molecule has 1 N–H and O–H groups in total. The summed E-state index contributed by atoms with van der Waals surface area (Å²) in [5, 5.41) is 7.19. The van der Waals surface area contributed by atoms with Gasteiger partial charge in [0.15, 0.2) is 15.7 Å². The van der Waals surface area contributed by atoms with Crippen molar-refractivity contribution in [3.05, 3.63) is 35.7 Å². The molecule has 0 saturated carbocycles. The van der Waals surface area contributed by atoms with E-state index in [2.05, 4.69) is 27.3 Å². The molecular weight excluding hydrogens is 340 g/mol. The Kier molecular flexibility index (Phi) is 5.51. The lowest BCUT2D eigenvalue weighted by Gasteiger charge is -2.26. The van der Waals surface area contributed by atoms with Gasteiger partial charge >= 0.3 is 0 Å². The molecule has 2 aromatic rings. The summed E-state index contributed by atoms with van der Waals surface area (Å²) >= 11 is 0. The van der Waals surface area contributed by atoms with Crippen LogP contribution in [-0.4, -0.2) is 61.1 Å². The summed E-state index contributed by atoms with van der Waals surface area (Å²) in [4.78, 5) is 6.63. The first kappa shape index (κ1) is 18.0. The molecule has 25 heavy (non-hydrogen) atoms. The number of hydrogen-bond acceptors (Lipinski definition) is 7. The highest BCUT2D eigenvalue weighted by Crippen LogP contribution is 2.20. The van der Waals surface area contributed by atoms with Gasteiger partial charge in [0, 0.05) is 37.7 Å². The monoisotopic (exact) mass is 364 g/mol. The molecule has 3 rings (SSSR count). The first-order valence-electron chi connectivity index (χ1n) is 8.47. The minimum atomic E-state index is -2.85. The van der Waals surface area contributed by atoms with E-state index in [1.165, 1.54) is 0 Å². The largest absolute Gasteiger partial charge is 0.334 e. The molecule has 7 nitrogen and oxygen atoms in total. The van der Waals surface area contributed by atoms with Gasteiger partial charge in [-0.3, -0.25) is 4.90 Å². The second-order valence-corrected chi connectivity index (χ2v) is 8.84. The van der Waals surface area contributed by atoms with Crippen molar-refractivity contribution >= 4 is 9.84 Å². The zero-order chi connectivity index (χ0) is 17.9. The Hall–Kier alpha value is -1.77. The van der Waals surface area contributed by atoms with Crippen molar-refractivity contribution in [3.63, 3.8) is 0 Å². The zero-order valence-corrected chi connectivity index (χ0v) is 15.4. The highest BCUT2D eigenvalue weighted by atomic mass is 32.2. The molecule has 1 aromatic heterocycles. The van der Waals surface area contributed by atoms with Crippen molar-refractivity contribution in [2.75, 3.05) is 31.6 Å². The lowest BCUT2D eigenvalue weighted by Crippen LogP contribution is -2.39. The number of nitrogens with zero attached hydrogens (tertiary/aromatic N) is 3. The third-order valence-corrected chi connectivity index (χ3v) is 6.08. The highest BCUT2D eigenvalue weighted by molar-refractivity contribution is 7.91. The maximum absolute atomic E-state index is 11.5. The van der Waals surface area contributed by atoms with Gasteiger partial charge in [-0.2, -0.15) is 4.98 Å². The van der Waals surface area contributed by atoms with Gasteiger partial charge < -0.3 is 9.84 Å². The minimum absolute atomic E-state index is 0.239. The van der Waals surface area contributed by atoms with Crippen molar-refractivity contribution in [1.29, 1.82) is 0 Å². The molecule has 2 heterocycles. The van der Waals surface area contributed by atoms with Crippen LogP contribution in [0, 0.1) is 0 Å². The molecule has 0 aliphatic carbocycles. The van der Waals surface area contributed by atoms with E-state index in [1.807, 2.05) is 31.3 Å². The molecule has 0 radical (unpaired) electrons. The maximum atomic E-state index is 11.5. The number of hydrogen-bond donors (Lipinski definition) is 1. The van der Waals surface area contributed by atoms with E-state index >= 15 is 0 Å². The molecule has 1 aliphatic heterocycles. The van der Waals surface area contributed by atoms with Crippen molar-refractivity contribution < 1.29 is 12.9 Å². The van der Waals surface area contributed by atoms with Gasteiger partial charge in [-0.1, -0.05) is 17.3 Å². The fourth-order valence-electron chi connectivity index (χ4n) is 2.80. The fourth-order valence-corrected chi connectivity index (χ4v) is 4.08. The van der Waals surface area contributed by atoms with E-state index < -0.39 is 9.84 Å². The maximum Gasteiger partial charge on any atom is 0.257 e. The number of nitrogens with one attached hydrogen (secondary N) is 1. The molecule has 0 spiro atoms. The summed E-state index contributed by atoms with van der Waals surface area (Å²) in [6.45, 7) is 3.95. The average Bonchev–Trinajstić information content (AvgIpc) is 3.05. The third-order valence-electron chi connectivity index (χ3n) is 4.47. The smallest absolute Gasteiger partial charge is 0.257 e. The first-order valence-corrected chi connectivity index (χ1v) is 10.3. The Morgan fingerprint density at radius 2 is 2.08 bits per heavy atom. The molecule has 1 fully saturated rings. The Bertz CT molecular complexity index is 805. The van der Waals surface area contributed by atoms with Crippen LogP contribution < -0.4 is 5.32 Å². The van der Waals surface area contributed by atoms with E-state index in [1.54, 1.807) is 0 Å². The molecule has 0 amide bonds. The van der Waals surface area contributed by atoms with Gasteiger partial charge in [0.05, 0.1) is 11.5 Å². The molecule has 8 heteroatoms. The van der Waals surface area contributed by atoms with E-state index in [4.69, 9.17) is 4.52 Å². The van der Waals surface area contributed by atoms with Crippen LogP contribution in [0.25, 0.3) is 11.5 Å². The predicted molar refractivity (Wildman–Crippen MR) is 95.9 cm³/mol. The Morgan fingerprint density at radius 3 is 2.80 bits per heavy atom. The Labute approximate surface area is 148 Å². The van der Waals surface area contributed by atoms with Gasteiger partial charge in [-0.25, -0.2) is 8.42 Å². The molecule has 1 saturated heterocycles. The number of benzene rings is 1. The molecule has 1 aliphatic rings. The number of rotatable bonds is 6. The van der Waals surface area contributed by atoms with Gasteiger partial charge in [0.1, 0.15) is 0 Å². The number of aromatic nitrogens is 2. The number of sulfone groups is 1. The molecule has 136 valence electrons. The third kappa shape index (κ3) is 4.87. The topological polar surface area (TPSA) is 88.3 Å². The van der Waals surface area contributed by atoms with Crippen LogP contribution in [0.4, 0.5) is 0 Å². The quantitative estimate of drug-likeness (QED) is 0.821. The van der Waals surface area contributed by atoms with Crippen LogP contribution in [0.2, 0.25) is 0 Å². The van der Waals surface area contributed by atoms with E-state index in [0.717, 1.165) is 17.7 Å². The van der Waals surface area contributed by atoms with Crippen molar-refractivity contribution in [2.24, 2.45) is 0 Å². The lowest BCUT2D eigenvalue weighted by molar-refractivity contribution is 0.287. The summed E-state index contributed by atoms with van der Waals surface area (Å²) in [6.07, 6.45) is 0.710. The highest BCUT2D eigenvalue weighted by Gasteiger charge is 2.21. The summed E-state index contributed by atoms with van der Waals surface area (Å²) in [6, 6.07) is 8.26. The van der Waals surface area contributed by atoms with Gasteiger partial charge in [0.25, 0.3) is 5.89 Å². The van der Waals surface area contributed by atoms with Crippen LogP contribution in [0.5, 0.6) is 0 Å². The van der Waals surface area contributed by atoms with Gasteiger partial charge in [0.2, 0.25) is 0 Å². The van der Waals surface area contributed by atoms with Crippen molar-refractivity contribution in [3.8, 4) is 11.5 Å². The fraction of sp³-hybridized carbons (Fsp3) is 0.529. The lowest BCUT2D eigenvalue weighted by atomic mass is 10.1. The first-order chi connectivity index (χ1) is 11.9. The van der Waals surface area contributed by atoms with Crippen LogP contribution in [-0.2, 0) is 22.8 Å². The van der Waals surface area contributed by atoms with Crippen LogP contribution >= 0.6 is 0 Å². The second kappa shape index (κ2) is 7.63. The molecular formula is C17H24N4O3S. The zero-order valence-electron chi connectivity index (χ0n) is 14.6. The number of likely N-dealkylation sites (N-methyl/N-ethyl adjacent to an activating group) is 1. The second-order valence-electron chi connectivity index (χ2n) is 6.54. The Balaban J connectivity index is 1.67. The molecule has 1 atom stereocenters. The van der Waals surface area contributed by atoms with Gasteiger partial charge in [-0.15, -0.1) is 0 Å². The standard InChI is InChI=1S/C17H24N4O3S/c1-13(18-2)10-16-19-17(24-20-16)15-5-3-4-14(11-15)12-21-6-8-25(22,23)9-7-21/h3-5,11,13,18H,6-10,12H2,1-2H3. The van der Waals surface area contributed by atoms with Crippen molar-refractivity contribution in [2.45, 2.75) is 25.9 Å². The Morgan fingerprint density at radius 1 is 1.32 bits per heavy atom.